The van der Waals surface area contributed by atoms with Gasteiger partial charge in [-0.3, -0.25) is 0 Å². The average Bonchev–Trinajstić information content (AvgIpc) is 2.15. The Labute approximate surface area is 88.9 Å². The maximum absolute atomic E-state index is 3.15. The number of aryl methyl sites for hydroxylation is 1. The van der Waals surface area contributed by atoms with Gasteiger partial charge in [0.15, 0.2) is 9.52 Å². The molecule has 2 radical (unpaired) electrons. The largest absolute Gasteiger partial charge is 0.178 e. The van der Waals surface area contributed by atoms with E-state index in [1.54, 1.807) is 0 Å². The van der Waals surface area contributed by atoms with Crippen molar-refractivity contribution in [2.45, 2.75) is 20.8 Å². The van der Waals surface area contributed by atoms with Crippen molar-refractivity contribution >= 4 is 9.52 Å². The Morgan fingerprint density at radius 2 is 1.86 bits per heavy atom. The van der Waals surface area contributed by atoms with Gasteiger partial charge in [-0.25, -0.2) is 0 Å². The van der Waals surface area contributed by atoms with Crippen molar-refractivity contribution in [1.29, 1.82) is 0 Å². The monoisotopic (exact) mass is 198 g/mol. The second-order valence-corrected chi connectivity index (χ2v) is 4.31. The van der Waals surface area contributed by atoms with Crippen molar-refractivity contribution in [1.82, 2.24) is 0 Å². The minimum Gasteiger partial charge on any atom is -0.125 e. The van der Waals surface area contributed by atoms with Crippen LogP contribution < -0.4 is 0 Å². The summed E-state index contributed by atoms with van der Waals surface area (Å²) >= 11 is 0. The van der Waals surface area contributed by atoms with Gasteiger partial charge in [0.1, 0.15) is 0 Å². The first-order valence-electron chi connectivity index (χ1n) is 4.65. The third-order valence-electron chi connectivity index (χ3n) is 1.69. The third-order valence-corrected chi connectivity index (χ3v) is 2.68. The highest BCUT2D eigenvalue weighted by atomic mass is 28.2. The molecule has 1 heteroatoms. The SMILES string of the molecule is CC(C)=C[Si]C#Cc1ccc(C)cc1. The van der Waals surface area contributed by atoms with Crippen LogP contribution in [0.5, 0.6) is 0 Å². The first kappa shape index (κ1) is 10.8. The van der Waals surface area contributed by atoms with E-state index >= 15 is 0 Å². The Morgan fingerprint density at radius 1 is 1.21 bits per heavy atom. The summed E-state index contributed by atoms with van der Waals surface area (Å²) in [7, 11) is 0.612. The van der Waals surface area contributed by atoms with Gasteiger partial charge in [-0.15, -0.1) is 5.54 Å². The molecule has 0 aliphatic heterocycles. The van der Waals surface area contributed by atoms with Crippen LogP contribution in [-0.2, 0) is 0 Å². The van der Waals surface area contributed by atoms with E-state index in [0.717, 1.165) is 5.56 Å². The molecule has 0 atom stereocenters. The lowest BCUT2D eigenvalue weighted by Gasteiger charge is -1.90. The fraction of sp³-hybridized carbons (Fsp3) is 0.231. The summed E-state index contributed by atoms with van der Waals surface area (Å²) in [6.45, 7) is 6.28. The third kappa shape index (κ3) is 4.11. The lowest BCUT2D eigenvalue weighted by Crippen LogP contribution is -1.81. The van der Waals surface area contributed by atoms with Crippen molar-refractivity contribution in [3.05, 3.63) is 46.7 Å². The summed E-state index contributed by atoms with van der Waals surface area (Å²) < 4.78 is 0. The molecule has 0 amide bonds. The van der Waals surface area contributed by atoms with Gasteiger partial charge >= 0.3 is 0 Å². The van der Waals surface area contributed by atoms with E-state index in [1.165, 1.54) is 11.1 Å². The molecular formula is C13H14Si. The lowest BCUT2D eigenvalue weighted by atomic mass is 10.2. The van der Waals surface area contributed by atoms with E-state index in [0.29, 0.717) is 9.52 Å². The molecule has 1 rings (SSSR count). The highest BCUT2D eigenvalue weighted by molar-refractivity contribution is 6.52. The van der Waals surface area contributed by atoms with Crippen LogP contribution in [0.25, 0.3) is 0 Å². The zero-order chi connectivity index (χ0) is 10.4. The Morgan fingerprint density at radius 3 is 2.43 bits per heavy atom. The van der Waals surface area contributed by atoms with Crippen molar-refractivity contribution < 1.29 is 0 Å². The van der Waals surface area contributed by atoms with Crippen LogP contribution in [0.1, 0.15) is 25.0 Å². The maximum atomic E-state index is 3.15. The summed E-state index contributed by atoms with van der Waals surface area (Å²) in [6, 6.07) is 8.31. The Kier molecular flexibility index (Phi) is 4.22. The van der Waals surface area contributed by atoms with Gasteiger partial charge < -0.3 is 0 Å². The predicted molar refractivity (Wildman–Crippen MR) is 63.2 cm³/mol. The molecule has 0 saturated heterocycles. The van der Waals surface area contributed by atoms with Gasteiger partial charge in [-0.05, 0) is 32.9 Å². The van der Waals surface area contributed by atoms with Crippen molar-refractivity contribution in [3.63, 3.8) is 0 Å². The highest BCUT2D eigenvalue weighted by Gasteiger charge is 1.85. The molecule has 0 heterocycles. The molecule has 1 aromatic rings. The Hall–Kier alpha value is -1.26. The van der Waals surface area contributed by atoms with Crippen molar-refractivity contribution in [2.24, 2.45) is 0 Å². The van der Waals surface area contributed by atoms with Gasteiger partial charge in [-0.1, -0.05) is 34.9 Å². The second-order valence-electron chi connectivity index (χ2n) is 3.48. The standard InChI is InChI=1S/C13H14Si/c1-11(2)10-14-9-8-13-6-4-12(3)5-7-13/h4-7,10H,1-3H3. The molecule has 0 aromatic heterocycles. The number of allylic oxidation sites excluding steroid dienone is 1. The zero-order valence-electron chi connectivity index (χ0n) is 8.89. The van der Waals surface area contributed by atoms with Crippen LogP contribution in [0.2, 0.25) is 0 Å². The molecular weight excluding hydrogens is 184 g/mol. The second kappa shape index (κ2) is 5.46. The van der Waals surface area contributed by atoms with Crippen LogP contribution in [0.15, 0.2) is 35.5 Å². The van der Waals surface area contributed by atoms with Gasteiger partial charge in [0.2, 0.25) is 0 Å². The van der Waals surface area contributed by atoms with Gasteiger partial charge in [0.05, 0.1) is 0 Å². The van der Waals surface area contributed by atoms with Crippen LogP contribution in [0.3, 0.4) is 0 Å². The molecule has 1 aromatic carbocycles. The van der Waals surface area contributed by atoms with Crippen LogP contribution in [-0.4, -0.2) is 9.52 Å². The summed E-state index contributed by atoms with van der Waals surface area (Å²) in [5, 5.41) is 0. The van der Waals surface area contributed by atoms with E-state index < -0.39 is 0 Å². The molecule has 0 unspecified atom stereocenters. The summed E-state index contributed by atoms with van der Waals surface area (Å²) in [5.41, 5.74) is 9.04. The molecule has 0 nitrogen and oxygen atoms in total. The molecule has 0 fully saturated rings. The van der Waals surface area contributed by atoms with E-state index in [2.05, 4.69) is 62.2 Å². The normalized spacial score (nSPS) is 8.79. The molecule has 70 valence electrons. The molecule has 0 saturated carbocycles. The molecule has 0 bridgehead atoms. The Balaban J connectivity index is 2.60. The molecule has 0 spiro atoms. The van der Waals surface area contributed by atoms with Gasteiger partial charge in [-0.2, -0.15) is 0 Å². The lowest BCUT2D eigenvalue weighted by molar-refractivity contribution is 1.41. The van der Waals surface area contributed by atoms with Gasteiger partial charge in [0, 0.05) is 5.56 Å². The van der Waals surface area contributed by atoms with Crippen LogP contribution >= 0.6 is 0 Å². The smallest absolute Gasteiger partial charge is 0.125 e. The first-order chi connectivity index (χ1) is 6.68. The van der Waals surface area contributed by atoms with Crippen LogP contribution in [0, 0.1) is 18.4 Å². The van der Waals surface area contributed by atoms with Crippen molar-refractivity contribution in [2.75, 3.05) is 0 Å². The predicted octanol–water partition coefficient (Wildman–Crippen LogP) is 2.93. The number of benzene rings is 1. The molecule has 0 aliphatic carbocycles. The minimum absolute atomic E-state index is 0.612. The summed E-state index contributed by atoms with van der Waals surface area (Å²) in [6.07, 6.45) is 0. The first-order valence-corrected chi connectivity index (χ1v) is 5.73. The number of hydrogen-bond donors (Lipinski definition) is 0. The van der Waals surface area contributed by atoms with Crippen molar-refractivity contribution in [3.8, 4) is 11.5 Å². The summed E-state index contributed by atoms with van der Waals surface area (Å²) in [5.74, 6) is 3.14. The van der Waals surface area contributed by atoms with Crippen LogP contribution in [0.4, 0.5) is 0 Å². The molecule has 0 N–H and O–H groups in total. The number of rotatable bonds is 1. The Bertz CT molecular complexity index is 370. The maximum Gasteiger partial charge on any atom is 0.178 e. The highest BCUT2D eigenvalue weighted by Crippen LogP contribution is 2.00. The topological polar surface area (TPSA) is 0 Å². The molecule has 14 heavy (non-hydrogen) atoms. The van der Waals surface area contributed by atoms with E-state index in [4.69, 9.17) is 0 Å². The zero-order valence-corrected chi connectivity index (χ0v) is 9.89. The summed E-state index contributed by atoms with van der Waals surface area (Å²) in [4.78, 5) is 0. The minimum atomic E-state index is 0.612. The molecule has 0 aliphatic rings. The van der Waals surface area contributed by atoms with E-state index in [9.17, 15) is 0 Å². The van der Waals surface area contributed by atoms with Gasteiger partial charge in [0.25, 0.3) is 0 Å². The fourth-order valence-electron chi connectivity index (χ4n) is 0.926. The quantitative estimate of drug-likeness (QED) is 0.481. The van der Waals surface area contributed by atoms with E-state index in [-0.39, 0.29) is 0 Å². The van der Waals surface area contributed by atoms with E-state index in [1.807, 2.05) is 0 Å². The average molecular weight is 198 g/mol. The fourth-order valence-corrected chi connectivity index (χ4v) is 1.50. The number of hydrogen-bond acceptors (Lipinski definition) is 0.